The van der Waals surface area contributed by atoms with E-state index in [-0.39, 0.29) is 24.0 Å². The topological polar surface area (TPSA) is 85.9 Å². The second-order valence-corrected chi connectivity index (χ2v) is 3.99. The van der Waals surface area contributed by atoms with E-state index in [4.69, 9.17) is 5.11 Å². The number of hydrogen-bond donors (Lipinski definition) is 3. The molecule has 1 aromatic heterocycles. The lowest BCUT2D eigenvalue weighted by Crippen LogP contribution is -2.17. The van der Waals surface area contributed by atoms with Crippen LogP contribution in [-0.4, -0.2) is 27.5 Å². The first-order valence-electron chi connectivity index (χ1n) is 5.52. The normalized spacial score (nSPS) is 12.8. The van der Waals surface area contributed by atoms with Crippen LogP contribution in [0.25, 0.3) is 11.0 Å². The van der Waals surface area contributed by atoms with Crippen LogP contribution in [0.3, 0.4) is 0 Å². The van der Waals surface area contributed by atoms with Crippen molar-refractivity contribution in [3.05, 3.63) is 34.2 Å². The second-order valence-electron chi connectivity index (χ2n) is 3.99. The number of carbonyl (C=O) groups is 1. The molecular formula is C12H14N2O3. The van der Waals surface area contributed by atoms with Gasteiger partial charge in [0.05, 0.1) is 17.6 Å². The number of aromatic nitrogens is 2. The number of Topliss-reactive ketones (excluding diaryl/α,β-unsaturated/α-hetero) is 1. The highest BCUT2D eigenvalue weighted by Gasteiger charge is 2.17. The standard InChI is InChI=1S/C12H14N2O3/c1-2-7(6-15)11(16)8-3-4-9-10(5-8)14-12(17)13-9/h3-5,7,15H,2,6H2,1H3,(H2,13,14,17). The maximum Gasteiger partial charge on any atom is 0.323 e. The summed E-state index contributed by atoms with van der Waals surface area (Å²) in [5.74, 6) is -0.475. The molecule has 0 radical (unpaired) electrons. The van der Waals surface area contributed by atoms with E-state index in [9.17, 15) is 9.59 Å². The summed E-state index contributed by atoms with van der Waals surface area (Å²) in [5, 5.41) is 9.09. The SMILES string of the molecule is CCC(CO)C(=O)c1ccc2[nH]c(=O)[nH]c2c1. The fourth-order valence-corrected chi connectivity index (χ4v) is 1.82. The lowest BCUT2D eigenvalue weighted by molar-refractivity contribution is 0.0856. The van der Waals surface area contributed by atoms with E-state index < -0.39 is 0 Å². The fraction of sp³-hybridized carbons (Fsp3) is 0.333. The third-order valence-corrected chi connectivity index (χ3v) is 2.88. The number of imidazole rings is 1. The number of aliphatic hydroxyl groups is 1. The maximum atomic E-state index is 12.0. The predicted molar refractivity (Wildman–Crippen MR) is 64.1 cm³/mol. The monoisotopic (exact) mass is 234 g/mol. The van der Waals surface area contributed by atoms with E-state index in [1.165, 1.54) is 0 Å². The minimum atomic E-state index is -0.377. The number of ketones is 1. The van der Waals surface area contributed by atoms with Crippen LogP contribution in [0.5, 0.6) is 0 Å². The molecule has 90 valence electrons. The fourth-order valence-electron chi connectivity index (χ4n) is 1.82. The van der Waals surface area contributed by atoms with Crippen LogP contribution in [0.15, 0.2) is 23.0 Å². The molecule has 5 nitrogen and oxygen atoms in total. The van der Waals surface area contributed by atoms with Crippen molar-refractivity contribution >= 4 is 16.8 Å². The number of nitrogens with one attached hydrogen (secondary N) is 2. The van der Waals surface area contributed by atoms with Gasteiger partial charge in [-0.1, -0.05) is 6.92 Å². The zero-order valence-corrected chi connectivity index (χ0v) is 9.49. The Labute approximate surface area is 97.5 Å². The van der Waals surface area contributed by atoms with Crippen LogP contribution in [0.4, 0.5) is 0 Å². The van der Waals surface area contributed by atoms with Gasteiger partial charge >= 0.3 is 5.69 Å². The van der Waals surface area contributed by atoms with Crippen molar-refractivity contribution in [3.63, 3.8) is 0 Å². The number of H-pyrrole nitrogens is 2. The van der Waals surface area contributed by atoms with Crippen molar-refractivity contribution in [2.75, 3.05) is 6.61 Å². The van der Waals surface area contributed by atoms with E-state index >= 15 is 0 Å². The van der Waals surface area contributed by atoms with Crippen LogP contribution in [0, 0.1) is 5.92 Å². The highest BCUT2D eigenvalue weighted by molar-refractivity contribution is 6.00. The van der Waals surface area contributed by atoms with Gasteiger partial charge in [-0.3, -0.25) is 4.79 Å². The molecule has 0 amide bonds. The Morgan fingerprint density at radius 3 is 2.71 bits per heavy atom. The van der Waals surface area contributed by atoms with Gasteiger partial charge in [-0.25, -0.2) is 4.79 Å². The molecular weight excluding hydrogens is 220 g/mol. The Balaban J connectivity index is 2.42. The summed E-state index contributed by atoms with van der Waals surface area (Å²) < 4.78 is 0. The summed E-state index contributed by atoms with van der Waals surface area (Å²) in [7, 11) is 0. The van der Waals surface area contributed by atoms with E-state index in [1.807, 2.05) is 6.92 Å². The first kappa shape index (κ1) is 11.6. The summed E-state index contributed by atoms with van der Waals surface area (Å²) in [6.45, 7) is 1.70. The Morgan fingerprint density at radius 1 is 1.35 bits per heavy atom. The lowest BCUT2D eigenvalue weighted by atomic mass is 9.96. The largest absolute Gasteiger partial charge is 0.396 e. The molecule has 0 fully saturated rings. The van der Waals surface area contributed by atoms with E-state index in [0.29, 0.717) is 23.0 Å². The molecule has 2 aromatic rings. The van der Waals surface area contributed by atoms with Gasteiger partial charge in [-0.05, 0) is 24.6 Å². The molecule has 0 bridgehead atoms. The molecule has 0 saturated heterocycles. The highest BCUT2D eigenvalue weighted by Crippen LogP contribution is 2.15. The third kappa shape index (κ3) is 2.14. The quantitative estimate of drug-likeness (QED) is 0.691. The molecule has 0 aliphatic heterocycles. The van der Waals surface area contributed by atoms with Crippen LogP contribution < -0.4 is 5.69 Å². The van der Waals surface area contributed by atoms with Gasteiger partial charge < -0.3 is 15.1 Å². The number of carbonyl (C=O) groups excluding carboxylic acids is 1. The van der Waals surface area contributed by atoms with Crippen molar-refractivity contribution < 1.29 is 9.90 Å². The Bertz CT molecular complexity index is 593. The summed E-state index contributed by atoms with van der Waals surface area (Å²) in [5.41, 5.74) is 1.49. The number of fused-ring (bicyclic) bond motifs is 1. The average molecular weight is 234 g/mol. The summed E-state index contributed by atoms with van der Waals surface area (Å²) >= 11 is 0. The van der Waals surface area contributed by atoms with Crippen molar-refractivity contribution in [3.8, 4) is 0 Å². The van der Waals surface area contributed by atoms with Gasteiger partial charge in [-0.15, -0.1) is 0 Å². The zero-order chi connectivity index (χ0) is 12.4. The van der Waals surface area contributed by atoms with Gasteiger partial charge in [0.15, 0.2) is 5.78 Å². The molecule has 1 aromatic carbocycles. The first-order chi connectivity index (χ1) is 8.15. The minimum absolute atomic E-state index is 0.0982. The molecule has 1 unspecified atom stereocenters. The van der Waals surface area contributed by atoms with Crippen LogP contribution in [-0.2, 0) is 0 Å². The molecule has 17 heavy (non-hydrogen) atoms. The van der Waals surface area contributed by atoms with E-state index in [2.05, 4.69) is 9.97 Å². The number of benzene rings is 1. The van der Waals surface area contributed by atoms with Crippen molar-refractivity contribution in [2.24, 2.45) is 5.92 Å². The van der Waals surface area contributed by atoms with Crippen LogP contribution in [0.2, 0.25) is 0 Å². The Morgan fingerprint density at radius 2 is 2.06 bits per heavy atom. The number of rotatable bonds is 4. The highest BCUT2D eigenvalue weighted by atomic mass is 16.3. The minimum Gasteiger partial charge on any atom is -0.396 e. The van der Waals surface area contributed by atoms with E-state index in [1.54, 1.807) is 18.2 Å². The maximum absolute atomic E-state index is 12.0. The van der Waals surface area contributed by atoms with Crippen LogP contribution in [0.1, 0.15) is 23.7 Å². The molecule has 2 rings (SSSR count). The molecule has 3 N–H and O–H groups in total. The zero-order valence-electron chi connectivity index (χ0n) is 9.49. The Kier molecular flexibility index (Phi) is 3.10. The predicted octanol–water partition coefficient (Wildman–Crippen LogP) is 1.06. The van der Waals surface area contributed by atoms with Gasteiger partial charge in [0.1, 0.15) is 0 Å². The third-order valence-electron chi connectivity index (χ3n) is 2.88. The molecule has 1 atom stereocenters. The van der Waals surface area contributed by atoms with Gasteiger partial charge in [-0.2, -0.15) is 0 Å². The number of aromatic amines is 2. The van der Waals surface area contributed by atoms with Gasteiger partial charge in [0.2, 0.25) is 0 Å². The summed E-state index contributed by atoms with van der Waals surface area (Å²) in [6.07, 6.45) is 0.594. The van der Waals surface area contributed by atoms with E-state index in [0.717, 1.165) is 0 Å². The van der Waals surface area contributed by atoms with Crippen molar-refractivity contribution in [2.45, 2.75) is 13.3 Å². The molecule has 0 aliphatic carbocycles. The smallest absolute Gasteiger partial charge is 0.323 e. The molecule has 0 saturated carbocycles. The molecule has 0 spiro atoms. The van der Waals surface area contributed by atoms with Crippen LogP contribution >= 0.6 is 0 Å². The van der Waals surface area contributed by atoms with Crippen molar-refractivity contribution in [1.29, 1.82) is 0 Å². The van der Waals surface area contributed by atoms with Crippen molar-refractivity contribution in [1.82, 2.24) is 9.97 Å². The second kappa shape index (κ2) is 4.55. The first-order valence-corrected chi connectivity index (χ1v) is 5.52. The number of hydrogen-bond acceptors (Lipinski definition) is 3. The summed E-state index contributed by atoms with van der Waals surface area (Å²) in [4.78, 5) is 28.3. The van der Waals surface area contributed by atoms with Gasteiger partial charge in [0.25, 0.3) is 0 Å². The Hall–Kier alpha value is -1.88. The average Bonchev–Trinajstić information content (AvgIpc) is 2.69. The molecule has 1 heterocycles. The lowest BCUT2D eigenvalue weighted by Gasteiger charge is -2.09. The summed E-state index contributed by atoms with van der Waals surface area (Å²) in [6, 6.07) is 4.98. The molecule has 5 heteroatoms. The van der Waals surface area contributed by atoms with Gasteiger partial charge in [0, 0.05) is 11.5 Å². The number of aliphatic hydroxyl groups excluding tert-OH is 1. The molecule has 0 aliphatic rings.